The smallest absolute Gasteiger partial charge is 0.250 e. The highest BCUT2D eigenvalue weighted by Gasteiger charge is 2.54. The normalized spacial score (nSPS) is 19.3. The number of piperidine rings is 1. The molecule has 248 valence electrons. The number of anilines is 1. The van der Waals surface area contributed by atoms with Crippen molar-refractivity contribution >= 4 is 35.0 Å². The Bertz CT molecular complexity index is 1740. The van der Waals surface area contributed by atoms with Gasteiger partial charge in [-0.15, -0.1) is 0 Å². The highest BCUT2D eigenvalue weighted by atomic mass is 35.5. The molecule has 4 heterocycles. The van der Waals surface area contributed by atoms with Crippen molar-refractivity contribution in [1.29, 1.82) is 0 Å². The number of nitrogens with zero attached hydrogens (tertiary/aromatic N) is 6. The van der Waals surface area contributed by atoms with Crippen LogP contribution in [0.3, 0.4) is 0 Å². The summed E-state index contributed by atoms with van der Waals surface area (Å²) < 4.78 is 1.73. The highest BCUT2D eigenvalue weighted by Crippen LogP contribution is 2.39. The van der Waals surface area contributed by atoms with Gasteiger partial charge in [0, 0.05) is 43.3 Å². The predicted molar refractivity (Wildman–Crippen MR) is 182 cm³/mol. The number of rotatable bonds is 9. The fraction of sp³-hybridized carbons (Fsp3) is 0.361. The number of para-hydroxylation sites is 1. The molecule has 0 bridgehead atoms. The van der Waals surface area contributed by atoms with E-state index in [1.165, 1.54) is 6.33 Å². The summed E-state index contributed by atoms with van der Waals surface area (Å²) in [7, 11) is 0. The van der Waals surface area contributed by atoms with Crippen molar-refractivity contribution in [2.75, 3.05) is 37.7 Å². The molecule has 3 aliphatic heterocycles. The Morgan fingerprint density at radius 1 is 0.979 bits per heavy atom. The molecule has 3 aliphatic rings. The maximum Gasteiger partial charge on any atom is 0.250 e. The van der Waals surface area contributed by atoms with Gasteiger partial charge in [-0.05, 0) is 60.2 Å². The van der Waals surface area contributed by atoms with Crippen molar-refractivity contribution in [2.45, 2.75) is 49.9 Å². The van der Waals surface area contributed by atoms with Crippen LogP contribution in [0.1, 0.15) is 35.6 Å². The fourth-order valence-corrected chi connectivity index (χ4v) is 7.44. The number of likely N-dealkylation sites (tertiary alicyclic amines) is 1. The van der Waals surface area contributed by atoms with Crippen molar-refractivity contribution in [1.82, 2.24) is 35.2 Å². The van der Waals surface area contributed by atoms with Gasteiger partial charge in [-0.3, -0.25) is 19.1 Å². The molecule has 1 spiro atoms. The Morgan fingerprint density at radius 3 is 2.48 bits per heavy atom. The summed E-state index contributed by atoms with van der Waals surface area (Å²) in [5.74, 6) is -0.323. The van der Waals surface area contributed by atoms with Gasteiger partial charge in [0.2, 0.25) is 17.7 Å². The second kappa shape index (κ2) is 13.8. The molecule has 2 atom stereocenters. The van der Waals surface area contributed by atoms with Gasteiger partial charge in [0.1, 0.15) is 30.3 Å². The summed E-state index contributed by atoms with van der Waals surface area (Å²) in [5, 5.41) is 11.2. The lowest BCUT2D eigenvalue weighted by molar-refractivity contribution is -0.141. The van der Waals surface area contributed by atoms with E-state index in [0.29, 0.717) is 63.7 Å². The monoisotopic (exact) mass is 666 g/mol. The predicted octanol–water partition coefficient (Wildman–Crippen LogP) is 3.21. The Hall–Kier alpha value is -4.74. The van der Waals surface area contributed by atoms with Crippen LogP contribution in [0.15, 0.2) is 91.5 Å². The van der Waals surface area contributed by atoms with Crippen molar-refractivity contribution in [3.63, 3.8) is 0 Å². The van der Waals surface area contributed by atoms with Gasteiger partial charge in [0.05, 0.1) is 13.2 Å². The molecule has 3 amide bonds. The molecule has 12 heteroatoms. The number of amides is 3. The van der Waals surface area contributed by atoms with Crippen LogP contribution in [0.2, 0.25) is 5.02 Å². The number of carbonyl (C=O) groups excluding carboxylic acids is 3. The number of hydrogen-bond acceptors (Lipinski definition) is 7. The van der Waals surface area contributed by atoms with Gasteiger partial charge >= 0.3 is 0 Å². The lowest BCUT2D eigenvalue weighted by Crippen LogP contribution is -2.60. The second-order valence-corrected chi connectivity index (χ2v) is 13.2. The number of carbonyl (C=O) groups is 3. The molecule has 7 rings (SSSR count). The summed E-state index contributed by atoms with van der Waals surface area (Å²) in [6.07, 6.45) is 5.26. The number of benzene rings is 3. The van der Waals surface area contributed by atoms with Gasteiger partial charge in [0.15, 0.2) is 0 Å². The Balaban J connectivity index is 1.10. The van der Waals surface area contributed by atoms with Crippen LogP contribution in [-0.4, -0.2) is 86.7 Å². The average molecular weight is 667 g/mol. The highest BCUT2D eigenvalue weighted by molar-refractivity contribution is 6.30. The van der Waals surface area contributed by atoms with Crippen molar-refractivity contribution in [3.05, 3.63) is 113 Å². The first-order chi connectivity index (χ1) is 23.4. The van der Waals surface area contributed by atoms with Crippen LogP contribution in [-0.2, 0) is 33.8 Å². The summed E-state index contributed by atoms with van der Waals surface area (Å²) in [6.45, 7) is 2.97. The molecule has 2 saturated heterocycles. The molecule has 4 aromatic rings. The molecule has 0 aliphatic carbocycles. The molecule has 3 aromatic carbocycles. The van der Waals surface area contributed by atoms with E-state index in [1.807, 2.05) is 70.5 Å². The van der Waals surface area contributed by atoms with Crippen LogP contribution in [0.4, 0.5) is 5.69 Å². The van der Waals surface area contributed by atoms with Crippen LogP contribution >= 0.6 is 11.6 Å². The lowest BCUT2D eigenvalue weighted by Gasteiger charge is -2.44. The third-order valence-corrected chi connectivity index (χ3v) is 10.1. The zero-order valence-corrected chi connectivity index (χ0v) is 27.4. The summed E-state index contributed by atoms with van der Waals surface area (Å²) >= 11 is 6.15. The Kier molecular flexibility index (Phi) is 9.14. The third-order valence-electron chi connectivity index (χ3n) is 9.89. The first-order valence-corrected chi connectivity index (χ1v) is 16.9. The molecular weight excluding hydrogens is 628 g/mol. The third kappa shape index (κ3) is 6.40. The van der Waals surface area contributed by atoms with E-state index in [0.717, 1.165) is 28.8 Å². The van der Waals surface area contributed by atoms with Crippen molar-refractivity contribution < 1.29 is 14.4 Å². The number of hydrogen-bond donors (Lipinski definition) is 2. The second-order valence-electron chi connectivity index (χ2n) is 12.7. The van der Waals surface area contributed by atoms with E-state index < -0.39 is 17.6 Å². The summed E-state index contributed by atoms with van der Waals surface area (Å²) in [6, 6.07) is 24.0. The summed E-state index contributed by atoms with van der Waals surface area (Å²) in [5.41, 5.74) is 3.17. The van der Waals surface area contributed by atoms with Gasteiger partial charge in [-0.1, -0.05) is 66.2 Å². The molecule has 1 aromatic heterocycles. The zero-order chi connectivity index (χ0) is 33.1. The van der Waals surface area contributed by atoms with Gasteiger partial charge < -0.3 is 25.3 Å². The van der Waals surface area contributed by atoms with E-state index in [-0.39, 0.29) is 17.7 Å². The van der Waals surface area contributed by atoms with E-state index in [9.17, 15) is 14.4 Å². The quantitative estimate of drug-likeness (QED) is 0.282. The van der Waals surface area contributed by atoms with Crippen molar-refractivity contribution in [2.24, 2.45) is 0 Å². The Morgan fingerprint density at radius 2 is 1.73 bits per heavy atom. The summed E-state index contributed by atoms with van der Waals surface area (Å²) in [4.78, 5) is 52.2. The maximum absolute atomic E-state index is 14.3. The SMILES string of the molecule is O=C(N[C@H](Cc1ccc(Cl)cc1)C(=O)N1CCC2(CC1)C(=O)N(CCn1cncn1)CN2c1ccccc1)[C@@H]1NCCc2ccccc21. The minimum Gasteiger partial charge on any atom is -0.342 e. The molecule has 0 radical (unpaired) electrons. The molecule has 2 N–H and O–H groups in total. The molecule has 11 nitrogen and oxygen atoms in total. The maximum atomic E-state index is 14.3. The van der Waals surface area contributed by atoms with E-state index in [4.69, 9.17) is 11.6 Å². The first kappa shape index (κ1) is 31.8. The van der Waals surface area contributed by atoms with E-state index in [1.54, 1.807) is 23.1 Å². The largest absolute Gasteiger partial charge is 0.342 e. The van der Waals surface area contributed by atoms with Crippen LogP contribution in [0.5, 0.6) is 0 Å². The van der Waals surface area contributed by atoms with Crippen LogP contribution in [0, 0.1) is 0 Å². The number of nitrogens with one attached hydrogen (secondary N) is 2. The molecule has 0 saturated carbocycles. The number of halogens is 1. The van der Waals surface area contributed by atoms with E-state index >= 15 is 0 Å². The fourth-order valence-electron chi connectivity index (χ4n) is 7.31. The molecule has 2 fully saturated rings. The van der Waals surface area contributed by atoms with Crippen LogP contribution in [0.25, 0.3) is 0 Å². The number of aromatic nitrogens is 3. The first-order valence-electron chi connectivity index (χ1n) is 16.5. The Labute approximate surface area is 284 Å². The van der Waals surface area contributed by atoms with Gasteiger partial charge in [-0.25, -0.2) is 4.98 Å². The van der Waals surface area contributed by atoms with Gasteiger partial charge in [-0.2, -0.15) is 5.10 Å². The lowest BCUT2D eigenvalue weighted by atomic mass is 9.85. The minimum absolute atomic E-state index is 0.0617. The number of fused-ring (bicyclic) bond motifs is 1. The average Bonchev–Trinajstić information content (AvgIpc) is 3.74. The standard InChI is InChI=1S/C36H39ClN8O3/c37-28-12-10-26(11-13-28)22-31(41-33(46)32-30-9-5-4-6-27(30)14-17-39-32)34(47)42-18-15-36(16-19-42)35(48)43(20-21-44-24-38-23-40-44)25-45(36)29-7-2-1-3-8-29/h1-13,23-24,31-32,39H,14-22,25H2,(H,41,46)/t31-,32-/m1/s1. The van der Waals surface area contributed by atoms with Crippen molar-refractivity contribution in [3.8, 4) is 0 Å². The molecule has 0 unspecified atom stereocenters. The van der Waals surface area contributed by atoms with Gasteiger partial charge in [0.25, 0.3) is 0 Å². The minimum atomic E-state index is -0.785. The molecule has 48 heavy (non-hydrogen) atoms. The molecular formula is C36H39ClN8O3. The zero-order valence-electron chi connectivity index (χ0n) is 26.7. The van der Waals surface area contributed by atoms with E-state index in [2.05, 4.69) is 31.7 Å². The van der Waals surface area contributed by atoms with Crippen LogP contribution < -0.4 is 15.5 Å². The topological polar surface area (TPSA) is 116 Å².